The highest BCUT2D eigenvalue weighted by molar-refractivity contribution is 6.34. The number of hydrogen-bond acceptors (Lipinski definition) is 3. The first-order valence-electron chi connectivity index (χ1n) is 5.54. The molecule has 98 valence electrons. The molecule has 6 heteroatoms. The number of hydrogen-bond donors (Lipinski definition) is 3. The second-order valence-electron chi connectivity index (χ2n) is 3.68. The minimum Gasteiger partial charge on any atom is -0.355 e. The highest BCUT2D eigenvalue weighted by Crippen LogP contribution is 2.21. The highest BCUT2D eigenvalue weighted by atomic mass is 35.5. The molecule has 0 saturated carbocycles. The maximum Gasteiger partial charge on any atom is 0.252 e. The molecule has 3 N–H and O–H groups in total. The van der Waals surface area contributed by atoms with Gasteiger partial charge in [0.05, 0.1) is 10.6 Å². The van der Waals surface area contributed by atoms with Gasteiger partial charge in [0.2, 0.25) is 5.91 Å². The van der Waals surface area contributed by atoms with Crippen molar-refractivity contribution in [1.82, 2.24) is 10.6 Å². The van der Waals surface area contributed by atoms with E-state index in [0.29, 0.717) is 29.2 Å². The van der Waals surface area contributed by atoms with Gasteiger partial charge in [0.25, 0.3) is 5.91 Å². The normalized spacial score (nSPS) is 9.94. The van der Waals surface area contributed by atoms with E-state index in [1.54, 1.807) is 25.2 Å². The fraction of sp³-hybridized carbons (Fsp3) is 0.333. The van der Waals surface area contributed by atoms with Crippen LogP contribution in [0.25, 0.3) is 0 Å². The third kappa shape index (κ3) is 4.01. The van der Waals surface area contributed by atoms with Crippen LogP contribution in [0, 0.1) is 0 Å². The van der Waals surface area contributed by atoms with E-state index in [4.69, 9.17) is 11.6 Å². The topological polar surface area (TPSA) is 70.2 Å². The summed E-state index contributed by atoms with van der Waals surface area (Å²) >= 11 is 5.97. The van der Waals surface area contributed by atoms with Crippen molar-refractivity contribution in [2.75, 3.05) is 26.0 Å². The van der Waals surface area contributed by atoms with Gasteiger partial charge in [-0.05, 0) is 25.2 Å². The van der Waals surface area contributed by atoms with E-state index in [2.05, 4.69) is 16.0 Å². The first-order valence-corrected chi connectivity index (χ1v) is 5.92. The van der Waals surface area contributed by atoms with Gasteiger partial charge in [-0.25, -0.2) is 0 Å². The Hall–Kier alpha value is -1.59. The quantitative estimate of drug-likeness (QED) is 0.753. The van der Waals surface area contributed by atoms with Gasteiger partial charge in [0.1, 0.15) is 0 Å². The van der Waals surface area contributed by atoms with Gasteiger partial charge in [0.15, 0.2) is 0 Å². The molecule has 0 spiro atoms. The lowest BCUT2D eigenvalue weighted by atomic mass is 10.2. The first kappa shape index (κ1) is 14.5. The van der Waals surface area contributed by atoms with Gasteiger partial charge >= 0.3 is 0 Å². The summed E-state index contributed by atoms with van der Waals surface area (Å²) in [7, 11) is 3.31. The molecule has 1 rings (SSSR count). The van der Waals surface area contributed by atoms with E-state index in [0.717, 1.165) is 0 Å². The lowest BCUT2D eigenvalue weighted by molar-refractivity contribution is -0.116. The van der Waals surface area contributed by atoms with Gasteiger partial charge in [-0.1, -0.05) is 11.6 Å². The number of rotatable bonds is 5. The average molecular weight is 270 g/mol. The zero-order chi connectivity index (χ0) is 13.5. The summed E-state index contributed by atoms with van der Waals surface area (Å²) in [6.07, 6.45) is 0.380. The smallest absolute Gasteiger partial charge is 0.252 e. The Morgan fingerprint density at radius 3 is 2.56 bits per heavy atom. The Bertz CT molecular complexity index is 449. The Kier molecular flexibility index (Phi) is 5.61. The van der Waals surface area contributed by atoms with Crippen molar-refractivity contribution < 1.29 is 9.59 Å². The molecule has 0 aliphatic heterocycles. The predicted molar refractivity (Wildman–Crippen MR) is 72.0 cm³/mol. The minimum absolute atomic E-state index is 0.104. The molecule has 18 heavy (non-hydrogen) atoms. The van der Waals surface area contributed by atoms with Crippen LogP contribution in [0.1, 0.15) is 16.8 Å². The summed E-state index contributed by atoms with van der Waals surface area (Å²) in [6.45, 7) is 0.607. The van der Waals surface area contributed by atoms with Crippen molar-refractivity contribution >= 4 is 29.1 Å². The minimum atomic E-state index is -0.256. The third-order valence-corrected chi connectivity index (χ3v) is 2.64. The Morgan fingerprint density at radius 2 is 2.00 bits per heavy atom. The van der Waals surface area contributed by atoms with Crippen molar-refractivity contribution in [3.05, 3.63) is 28.8 Å². The van der Waals surface area contributed by atoms with Gasteiger partial charge in [-0.2, -0.15) is 0 Å². The number of amides is 2. The number of halogens is 1. The summed E-state index contributed by atoms with van der Waals surface area (Å²) < 4.78 is 0. The lowest BCUT2D eigenvalue weighted by Gasteiger charge is -2.08. The fourth-order valence-electron chi connectivity index (χ4n) is 1.37. The van der Waals surface area contributed by atoms with Gasteiger partial charge in [0, 0.05) is 25.7 Å². The maximum absolute atomic E-state index is 11.5. The van der Waals surface area contributed by atoms with E-state index >= 15 is 0 Å². The summed E-state index contributed by atoms with van der Waals surface area (Å²) in [4.78, 5) is 22.9. The SMILES string of the molecule is CNCCC(=O)Nc1ccc(C(=O)NC)c(Cl)c1. The van der Waals surface area contributed by atoms with Crippen molar-refractivity contribution in [1.29, 1.82) is 0 Å². The molecule has 0 unspecified atom stereocenters. The highest BCUT2D eigenvalue weighted by Gasteiger charge is 2.10. The summed E-state index contributed by atoms with van der Waals surface area (Å²) in [5.41, 5.74) is 0.959. The molecule has 0 aliphatic carbocycles. The number of carbonyl (C=O) groups is 2. The second kappa shape index (κ2) is 6.98. The standard InChI is InChI=1S/C12H16ClN3O2/c1-14-6-5-11(17)16-8-3-4-9(10(13)7-8)12(18)15-2/h3-4,7,14H,5-6H2,1-2H3,(H,15,18)(H,16,17). The molecule has 0 bridgehead atoms. The van der Waals surface area contributed by atoms with Crippen LogP contribution in [-0.2, 0) is 4.79 Å². The van der Waals surface area contributed by atoms with Crippen molar-refractivity contribution in [3.63, 3.8) is 0 Å². The molecule has 0 aromatic heterocycles. The van der Waals surface area contributed by atoms with E-state index in [9.17, 15) is 9.59 Å². The molecule has 1 aromatic carbocycles. The number of benzene rings is 1. The van der Waals surface area contributed by atoms with Gasteiger partial charge < -0.3 is 16.0 Å². The predicted octanol–water partition coefficient (Wildman–Crippen LogP) is 1.25. The zero-order valence-corrected chi connectivity index (χ0v) is 11.1. The van der Waals surface area contributed by atoms with Crippen molar-refractivity contribution in [2.45, 2.75) is 6.42 Å². The number of anilines is 1. The van der Waals surface area contributed by atoms with E-state index in [1.807, 2.05) is 0 Å². The zero-order valence-electron chi connectivity index (χ0n) is 10.3. The Morgan fingerprint density at radius 1 is 1.28 bits per heavy atom. The number of nitrogens with one attached hydrogen (secondary N) is 3. The monoisotopic (exact) mass is 269 g/mol. The molecule has 0 aliphatic rings. The van der Waals surface area contributed by atoms with Crippen LogP contribution in [0.5, 0.6) is 0 Å². The lowest BCUT2D eigenvalue weighted by Crippen LogP contribution is -2.20. The van der Waals surface area contributed by atoms with Crippen molar-refractivity contribution in [2.24, 2.45) is 0 Å². The maximum atomic E-state index is 11.5. The summed E-state index contributed by atoms with van der Waals surface area (Å²) in [5.74, 6) is -0.360. The number of carbonyl (C=O) groups excluding carboxylic acids is 2. The molecule has 0 saturated heterocycles. The van der Waals surface area contributed by atoms with Crippen LogP contribution in [0.3, 0.4) is 0 Å². The van der Waals surface area contributed by atoms with Gasteiger partial charge in [-0.3, -0.25) is 9.59 Å². The summed E-state index contributed by atoms with van der Waals surface area (Å²) in [5, 5.41) is 8.39. The van der Waals surface area contributed by atoms with Crippen LogP contribution in [0.4, 0.5) is 5.69 Å². The first-order chi connectivity index (χ1) is 8.58. The van der Waals surface area contributed by atoms with Gasteiger partial charge in [-0.15, -0.1) is 0 Å². The van der Waals surface area contributed by atoms with E-state index in [-0.39, 0.29) is 11.8 Å². The molecule has 2 amide bonds. The molecule has 1 aromatic rings. The molecular weight excluding hydrogens is 254 g/mol. The summed E-state index contributed by atoms with van der Waals surface area (Å²) in [6, 6.07) is 4.78. The van der Waals surface area contributed by atoms with E-state index < -0.39 is 0 Å². The van der Waals surface area contributed by atoms with E-state index in [1.165, 1.54) is 7.05 Å². The Balaban J connectivity index is 2.72. The molecule has 0 heterocycles. The largest absolute Gasteiger partial charge is 0.355 e. The van der Waals surface area contributed by atoms with Crippen molar-refractivity contribution in [3.8, 4) is 0 Å². The van der Waals surface area contributed by atoms with Crippen LogP contribution >= 0.6 is 11.6 Å². The average Bonchev–Trinajstić information content (AvgIpc) is 2.35. The van der Waals surface area contributed by atoms with Crippen LogP contribution in [0.2, 0.25) is 5.02 Å². The molecule has 0 atom stereocenters. The molecule has 0 fully saturated rings. The Labute approximate surface area is 111 Å². The fourth-order valence-corrected chi connectivity index (χ4v) is 1.64. The van der Waals surface area contributed by atoms with Crippen LogP contribution in [0.15, 0.2) is 18.2 Å². The second-order valence-corrected chi connectivity index (χ2v) is 4.08. The van der Waals surface area contributed by atoms with Crippen LogP contribution in [-0.4, -0.2) is 32.5 Å². The molecule has 5 nitrogen and oxygen atoms in total. The molecule has 0 radical (unpaired) electrons. The third-order valence-electron chi connectivity index (χ3n) is 2.33. The molecular formula is C12H16ClN3O2. The van der Waals surface area contributed by atoms with Crippen LogP contribution < -0.4 is 16.0 Å².